The molecule has 1 amide bonds. The Hall–Kier alpha value is -2.53. The van der Waals surface area contributed by atoms with E-state index >= 15 is 0 Å². The minimum atomic E-state index is -0.243. The van der Waals surface area contributed by atoms with E-state index in [-0.39, 0.29) is 11.7 Å². The second kappa shape index (κ2) is 6.07. The second-order valence-electron chi connectivity index (χ2n) is 4.90. The first-order valence-electron chi connectivity index (χ1n) is 6.86. The predicted molar refractivity (Wildman–Crippen MR) is 87.2 cm³/mol. The Kier molecular flexibility index (Phi) is 3.98. The first-order valence-corrected chi connectivity index (χ1v) is 7.74. The van der Waals surface area contributed by atoms with Crippen LogP contribution in [0.4, 0.5) is 0 Å². The number of amides is 1. The standard InChI is InChI=1S/C17H14N2O2S/c1-11(20)13-6-2-3-7-14(13)17(21)18-9-12-5-4-8-15-16(12)22-10-19-15/h2-8,10H,9H2,1H3,(H,18,21). The number of fused-ring (bicyclic) bond motifs is 1. The summed E-state index contributed by atoms with van der Waals surface area (Å²) in [5.74, 6) is -0.359. The summed E-state index contributed by atoms with van der Waals surface area (Å²) >= 11 is 1.55. The topological polar surface area (TPSA) is 59.1 Å². The number of nitrogens with one attached hydrogen (secondary N) is 1. The highest BCUT2D eigenvalue weighted by Crippen LogP contribution is 2.22. The fourth-order valence-electron chi connectivity index (χ4n) is 2.34. The van der Waals surface area contributed by atoms with Crippen LogP contribution in [0, 0.1) is 0 Å². The van der Waals surface area contributed by atoms with Crippen LogP contribution in [0.25, 0.3) is 10.2 Å². The first-order chi connectivity index (χ1) is 10.7. The van der Waals surface area contributed by atoms with E-state index in [1.54, 1.807) is 41.1 Å². The Morgan fingerprint density at radius 1 is 1.09 bits per heavy atom. The summed E-state index contributed by atoms with van der Waals surface area (Å²) in [6.07, 6.45) is 0. The molecule has 1 aromatic heterocycles. The van der Waals surface area contributed by atoms with E-state index in [0.29, 0.717) is 17.7 Å². The van der Waals surface area contributed by atoms with Gasteiger partial charge in [0.25, 0.3) is 5.91 Å². The fraction of sp³-hybridized carbons (Fsp3) is 0.118. The van der Waals surface area contributed by atoms with Crippen molar-refractivity contribution in [1.82, 2.24) is 10.3 Å². The maximum atomic E-state index is 12.3. The molecular formula is C17H14N2O2S. The van der Waals surface area contributed by atoms with E-state index in [2.05, 4.69) is 10.3 Å². The third-order valence-corrected chi connectivity index (χ3v) is 4.35. The molecule has 0 atom stereocenters. The van der Waals surface area contributed by atoms with Gasteiger partial charge < -0.3 is 5.32 Å². The van der Waals surface area contributed by atoms with Crippen LogP contribution in [0.2, 0.25) is 0 Å². The van der Waals surface area contributed by atoms with Crippen molar-refractivity contribution in [3.05, 3.63) is 64.7 Å². The molecule has 0 spiro atoms. The Morgan fingerprint density at radius 2 is 1.86 bits per heavy atom. The van der Waals surface area contributed by atoms with Gasteiger partial charge in [-0.05, 0) is 24.6 Å². The van der Waals surface area contributed by atoms with Crippen LogP contribution < -0.4 is 5.32 Å². The molecular weight excluding hydrogens is 296 g/mol. The molecule has 2 aromatic carbocycles. The number of hydrogen-bond acceptors (Lipinski definition) is 4. The molecule has 0 aliphatic rings. The zero-order valence-corrected chi connectivity index (χ0v) is 12.8. The zero-order valence-electron chi connectivity index (χ0n) is 12.0. The van der Waals surface area contributed by atoms with Gasteiger partial charge in [-0.1, -0.05) is 30.3 Å². The van der Waals surface area contributed by atoms with Crippen molar-refractivity contribution in [3.8, 4) is 0 Å². The molecule has 0 aliphatic carbocycles. The number of aromatic nitrogens is 1. The SMILES string of the molecule is CC(=O)c1ccccc1C(=O)NCc1cccc2ncsc12. The lowest BCUT2D eigenvalue weighted by Gasteiger charge is -2.09. The molecule has 1 heterocycles. The van der Waals surface area contributed by atoms with Crippen LogP contribution in [0.15, 0.2) is 48.0 Å². The number of thiazole rings is 1. The van der Waals surface area contributed by atoms with Crippen molar-refractivity contribution >= 4 is 33.2 Å². The number of Topliss-reactive ketones (excluding diaryl/α,β-unsaturated/α-hetero) is 1. The van der Waals surface area contributed by atoms with E-state index in [1.807, 2.05) is 18.2 Å². The first kappa shape index (κ1) is 14.4. The van der Waals surface area contributed by atoms with Gasteiger partial charge in [0.05, 0.1) is 21.3 Å². The lowest BCUT2D eigenvalue weighted by molar-refractivity contribution is 0.0936. The highest BCUT2D eigenvalue weighted by molar-refractivity contribution is 7.16. The van der Waals surface area contributed by atoms with Crippen molar-refractivity contribution in [1.29, 1.82) is 0 Å². The van der Waals surface area contributed by atoms with Gasteiger partial charge in [0.15, 0.2) is 5.78 Å². The van der Waals surface area contributed by atoms with Crippen molar-refractivity contribution in [2.75, 3.05) is 0 Å². The van der Waals surface area contributed by atoms with Gasteiger partial charge in [0.1, 0.15) is 0 Å². The third-order valence-electron chi connectivity index (χ3n) is 3.43. The van der Waals surface area contributed by atoms with Gasteiger partial charge in [-0.3, -0.25) is 9.59 Å². The lowest BCUT2D eigenvalue weighted by Crippen LogP contribution is -2.24. The monoisotopic (exact) mass is 310 g/mol. The van der Waals surface area contributed by atoms with E-state index in [9.17, 15) is 9.59 Å². The van der Waals surface area contributed by atoms with Crippen LogP contribution in [-0.2, 0) is 6.54 Å². The van der Waals surface area contributed by atoms with Crippen LogP contribution in [-0.4, -0.2) is 16.7 Å². The molecule has 1 N–H and O–H groups in total. The normalized spacial score (nSPS) is 10.6. The molecule has 0 unspecified atom stereocenters. The molecule has 0 bridgehead atoms. The van der Waals surface area contributed by atoms with Crippen LogP contribution >= 0.6 is 11.3 Å². The molecule has 0 saturated carbocycles. The Balaban J connectivity index is 1.81. The molecule has 22 heavy (non-hydrogen) atoms. The van der Waals surface area contributed by atoms with Crippen LogP contribution in [0.5, 0.6) is 0 Å². The molecule has 0 fully saturated rings. The summed E-state index contributed by atoms with van der Waals surface area (Å²) in [5.41, 5.74) is 4.60. The van der Waals surface area contributed by atoms with E-state index in [4.69, 9.17) is 0 Å². The number of ketones is 1. The highest BCUT2D eigenvalue weighted by Gasteiger charge is 2.14. The minimum Gasteiger partial charge on any atom is -0.348 e. The molecule has 0 radical (unpaired) electrons. The molecule has 110 valence electrons. The Labute approximate surface area is 131 Å². The number of carbonyl (C=O) groups is 2. The molecule has 5 heteroatoms. The lowest BCUT2D eigenvalue weighted by atomic mass is 10.0. The average molecular weight is 310 g/mol. The molecule has 3 aromatic rings. The highest BCUT2D eigenvalue weighted by atomic mass is 32.1. The van der Waals surface area contributed by atoms with Gasteiger partial charge in [0.2, 0.25) is 0 Å². The molecule has 0 aliphatic heterocycles. The predicted octanol–water partition coefficient (Wildman–Crippen LogP) is 3.43. The third kappa shape index (κ3) is 2.76. The summed E-state index contributed by atoms with van der Waals surface area (Å²) in [7, 11) is 0. The number of nitrogens with zero attached hydrogens (tertiary/aromatic N) is 1. The van der Waals surface area contributed by atoms with Gasteiger partial charge in [-0.15, -0.1) is 11.3 Å². The zero-order chi connectivity index (χ0) is 15.5. The summed E-state index contributed by atoms with van der Waals surface area (Å²) in [6.45, 7) is 1.87. The van der Waals surface area contributed by atoms with Gasteiger partial charge >= 0.3 is 0 Å². The summed E-state index contributed by atoms with van der Waals surface area (Å²) in [6, 6.07) is 12.7. The van der Waals surface area contributed by atoms with Crippen LogP contribution in [0.1, 0.15) is 33.2 Å². The van der Waals surface area contributed by atoms with Crippen molar-refractivity contribution in [3.63, 3.8) is 0 Å². The maximum Gasteiger partial charge on any atom is 0.252 e. The minimum absolute atomic E-state index is 0.115. The largest absolute Gasteiger partial charge is 0.348 e. The molecule has 0 saturated heterocycles. The summed E-state index contributed by atoms with van der Waals surface area (Å²) in [5, 5.41) is 2.88. The fourth-order valence-corrected chi connectivity index (χ4v) is 3.15. The number of hydrogen-bond donors (Lipinski definition) is 1. The van der Waals surface area contributed by atoms with E-state index in [0.717, 1.165) is 15.8 Å². The van der Waals surface area contributed by atoms with E-state index in [1.165, 1.54) is 6.92 Å². The number of rotatable bonds is 4. The average Bonchev–Trinajstić information content (AvgIpc) is 3.01. The second-order valence-corrected chi connectivity index (χ2v) is 5.76. The number of carbonyl (C=O) groups excluding carboxylic acids is 2. The van der Waals surface area contributed by atoms with E-state index < -0.39 is 0 Å². The number of benzene rings is 2. The Bertz CT molecular complexity index is 854. The summed E-state index contributed by atoms with van der Waals surface area (Å²) < 4.78 is 1.07. The van der Waals surface area contributed by atoms with Gasteiger partial charge in [-0.2, -0.15) is 0 Å². The van der Waals surface area contributed by atoms with Crippen molar-refractivity contribution in [2.24, 2.45) is 0 Å². The van der Waals surface area contributed by atoms with Gasteiger partial charge in [-0.25, -0.2) is 4.98 Å². The van der Waals surface area contributed by atoms with Crippen molar-refractivity contribution < 1.29 is 9.59 Å². The van der Waals surface area contributed by atoms with Crippen molar-refractivity contribution in [2.45, 2.75) is 13.5 Å². The maximum absolute atomic E-state index is 12.3. The smallest absolute Gasteiger partial charge is 0.252 e. The molecule has 3 rings (SSSR count). The Morgan fingerprint density at radius 3 is 2.64 bits per heavy atom. The van der Waals surface area contributed by atoms with Gasteiger partial charge in [0, 0.05) is 12.1 Å². The summed E-state index contributed by atoms with van der Waals surface area (Å²) in [4.78, 5) is 28.2. The molecule has 4 nitrogen and oxygen atoms in total. The van der Waals surface area contributed by atoms with Crippen LogP contribution in [0.3, 0.4) is 0 Å². The quantitative estimate of drug-likeness (QED) is 0.751.